The summed E-state index contributed by atoms with van der Waals surface area (Å²) in [4.78, 5) is 35.1. The molecule has 5 rings (SSSR count). The van der Waals surface area contributed by atoms with E-state index in [4.69, 9.17) is 9.72 Å². The lowest BCUT2D eigenvalue weighted by molar-refractivity contribution is -0.132. The Hall–Kier alpha value is -4.20. The second kappa shape index (κ2) is 10.0. The number of nitrogens with one attached hydrogen (secondary N) is 2. The molecule has 8 nitrogen and oxygen atoms in total. The highest BCUT2D eigenvalue weighted by molar-refractivity contribution is 5.94. The third-order valence-electron chi connectivity index (χ3n) is 6.12. The number of aromatic nitrogens is 3. The molecule has 2 N–H and O–H groups in total. The Kier molecular flexibility index (Phi) is 6.65. The van der Waals surface area contributed by atoms with Crippen molar-refractivity contribution in [2.75, 3.05) is 5.32 Å². The predicted octanol–water partition coefficient (Wildman–Crippen LogP) is 4.86. The Bertz CT molecular complexity index is 1420. The quantitative estimate of drug-likeness (QED) is 0.338. The van der Waals surface area contributed by atoms with E-state index in [0.29, 0.717) is 23.6 Å². The lowest BCUT2D eigenvalue weighted by atomic mass is 10.1. The number of hydrogen-bond donors (Lipinski definition) is 2. The monoisotopic (exact) mass is 497 g/mol. The molecule has 1 atom stereocenters. The molecular formula is C29H31N5O3. The number of nitrogens with zero attached hydrogens (tertiary/aromatic N) is 3. The maximum Gasteiger partial charge on any atom is 0.338 e. The molecule has 1 aliphatic carbocycles. The Labute approximate surface area is 216 Å². The highest BCUT2D eigenvalue weighted by atomic mass is 16.5. The third-order valence-corrected chi connectivity index (χ3v) is 6.12. The van der Waals surface area contributed by atoms with Gasteiger partial charge in [-0.15, -0.1) is 0 Å². The van der Waals surface area contributed by atoms with Crippen LogP contribution in [0.4, 0.5) is 5.82 Å². The molecule has 8 heteroatoms. The lowest BCUT2D eigenvalue weighted by Crippen LogP contribution is -2.48. The Morgan fingerprint density at radius 2 is 1.86 bits per heavy atom. The SMILES string of the molecule is CC(C)(C)NC(=O)C(OC(=O)c1cccc(-c2nc3ncccn3c2NCc2ccccc2)c1)C1CC1. The summed E-state index contributed by atoms with van der Waals surface area (Å²) in [5.41, 5.74) is 2.51. The summed E-state index contributed by atoms with van der Waals surface area (Å²) < 4.78 is 7.64. The zero-order valence-electron chi connectivity index (χ0n) is 21.3. The molecular weight excluding hydrogens is 466 g/mol. The van der Waals surface area contributed by atoms with Gasteiger partial charge in [-0.3, -0.25) is 9.20 Å². The van der Waals surface area contributed by atoms with Crippen LogP contribution in [-0.2, 0) is 16.1 Å². The van der Waals surface area contributed by atoms with Gasteiger partial charge < -0.3 is 15.4 Å². The van der Waals surface area contributed by atoms with Crippen molar-refractivity contribution in [3.8, 4) is 11.3 Å². The number of anilines is 1. The van der Waals surface area contributed by atoms with Crippen LogP contribution >= 0.6 is 0 Å². The van der Waals surface area contributed by atoms with E-state index >= 15 is 0 Å². The van der Waals surface area contributed by atoms with E-state index in [2.05, 4.69) is 27.8 Å². The number of hydrogen-bond acceptors (Lipinski definition) is 6. The van der Waals surface area contributed by atoms with E-state index in [1.165, 1.54) is 0 Å². The fourth-order valence-electron chi connectivity index (χ4n) is 4.22. The first-order valence-corrected chi connectivity index (χ1v) is 12.5. The molecule has 190 valence electrons. The van der Waals surface area contributed by atoms with Gasteiger partial charge in [0.2, 0.25) is 5.78 Å². The largest absolute Gasteiger partial charge is 0.448 e. The molecule has 0 aliphatic heterocycles. The molecule has 1 amide bonds. The van der Waals surface area contributed by atoms with Crippen LogP contribution in [0.1, 0.15) is 49.5 Å². The van der Waals surface area contributed by atoms with Gasteiger partial charge in [0.15, 0.2) is 6.10 Å². The van der Waals surface area contributed by atoms with E-state index in [-0.39, 0.29) is 11.8 Å². The summed E-state index contributed by atoms with van der Waals surface area (Å²) in [6, 6.07) is 19.1. The minimum Gasteiger partial charge on any atom is -0.448 e. The summed E-state index contributed by atoms with van der Waals surface area (Å²) in [5.74, 6) is 0.612. The van der Waals surface area contributed by atoms with Crippen molar-refractivity contribution >= 4 is 23.5 Å². The van der Waals surface area contributed by atoms with Gasteiger partial charge in [-0.25, -0.2) is 14.8 Å². The van der Waals surface area contributed by atoms with E-state index in [1.54, 1.807) is 24.4 Å². The van der Waals surface area contributed by atoms with E-state index in [0.717, 1.165) is 29.8 Å². The predicted molar refractivity (Wildman–Crippen MR) is 142 cm³/mol. The molecule has 1 aliphatic rings. The number of esters is 1. The van der Waals surface area contributed by atoms with Gasteiger partial charge in [-0.05, 0) is 57.4 Å². The van der Waals surface area contributed by atoms with Crippen molar-refractivity contribution in [2.24, 2.45) is 5.92 Å². The summed E-state index contributed by atoms with van der Waals surface area (Å²) >= 11 is 0. The molecule has 37 heavy (non-hydrogen) atoms. The van der Waals surface area contributed by atoms with E-state index in [9.17, 15) is 9.59 Å². The Morgan fingerprint density at radius 1 is 1.08 bits per heavy atom. The van der Waals surface area contributed by atoms with E-state index < -0.39 is 17.6 Å². The smallest absolute Gasteiger partial charge is 0.338 e. The molecule has 1 fully saturated rings. The number of ether oxygens (including phenoxy) is 1. The van der Waals surface area contributed by atoms with Crippen LogP contribution in [0.5, 0.6) is 0 Å². The maximum atomic E-state index is 13.2. The maximum absolute atomic E-state index is 13.2. The van der Waals surface area contributed by atoms with Crippen molar-refractivity contribution < 1.29 is 14.3 Å². The van der Waals surface area contributed by atoms with Crippen LogP contribution in [-0.4, -0.2) is 37.9 Å². The van der Waals surface area contributed by atoms with Crippen LogP contribution in [0, 0.1) is 5.92 Å². The fraction of sp³-hybridized carbons (Fsp3) is 0.310. The zero-order chi connectivity index (χ0) is 26.0. The van der Waals surface area contributed by atoms with Gasteiger partial charge >= 0.3 is 5.97 Å². The molecule has 2 heterocycles. The second-order valence-corrected chi connectivity index (χ2v) is 10.4. The van der Waals surface area contributed by atoms with Crippen LogP contribution in [0.3, 0.4) is 0 Å². The molecule has 0 spiro atoms. The molecule has 1 unspecified atom stereocenters. The summed E-state index contributed by atoms with van der Waals surface area (Å²) in [5, 5.41) is 6.42. The van der Waals surface area contributed by atoms with Crippen LogP contribution in [0.2, 0.25) is 0 Å². The van der Waals surface area contributed by atoms with Crippen LogP contribution in [0.25, 0.3) is 17.0 Å². The van der Waals surface area contributed by atoms with Gasteiger partial charge in [-0.2, -0.15) is 0 Å². The summed E-state index contributed by atoms with van der Waals surface area (Å²) in [6.45, 7) is 6.33. The third kappa shape index (κ3) is 5.80. The second-order valence-electron chi connectivity index (χ2n) is 10.4. The fourth-order valence-corrected chi connectivity index (χ4v) is 4.22. The normalized spacial score (nSPS) is 14.2. The molecule has 0 saturated heterocycles. The molecule has 2 aromatic heterocycles. The first-order chi connectivity index (χ1) is 17.8. The average molecular weight is 498 g/mol. The highest BCUT2D eigenvalue weighted by Gasteiger charge is 2.40. The number of fused-ring (bicyclic) bond motifs is 1. The van der Waals surface area contributed by atoms with Gasteiger partial charge in [-0.1, -0.05) is 42.5 Å². The zero-order valence-corrected chi connectivity index (χ0v) is 21.3. The van der Waals surface area contributed by atoms with Crippen LogP contribution < -0.4 is 10.6 Å². The molecule has 2 aromatic carbocycles. The lowest BCUT2D eigenvalue weighted by Gasteiger charge is -2.25. The van der Waals surface area contributed by atoms with Crippen molar-refractivity contribution in [3.63, 3.8) is 0 Å². The van der Waals surface area contributed by atoms with E-state index in [1.807, 2.05) is 61.7 Å². The van der Waals surface area contributed by atoms with Crippen LogP contribution in [0.15, 0.2) is 73.1 Å². The van der Waals surface area contributed by atoms with Crippen molar-refractivity contribution in [1.29, 1.82) is 0 Å². The van der Waals surface area contributed by atoms with Crippen molar-refractivity contribution in [2.45, 2.75) is 51.8 Å². The summed E-state index contributed by atoms with van der Waals surface area (Å²) in [6.07, 6.45) is 4.55. The molecule has 0 radical (unpaired) electrons. The van der Waals surface area contributed by atoms with Gasteiger partial charge in [0.25, 0.3) is 5.91 Å². The number of amides is 1. The first-order valence-electron chi connectivity index (χ1n) is 12.5. The standard InChI is InChI=1S/C29H31N5O3/c1-29(2,3)33-26(35)24(20-13-14-20)37-27(36)22-12-7-11-21(17-22)23-25(31-18-19-9-5-4-6-10-19)34-16-8-15-30-28(34)32-23/h4-12,15-17,20,24,31H,13-14,18H2,1-3H3,(H,33,35). The van der Waals surface area contributed by atoms with Crippen molar-refractivity contribution in [3.05, 3.63) is 84.2 Å². The Balaban J connectivity index is 1.41. The minimum absolute atomic E-state index is 0.0628. The Morgan fingerprint density at radius 3 is 2.59 bits per heavy atom. The van der Waals surface area contributed by atoms with Gasteiger partial charge in [0.05, 0.1) is 5.56 Å². The number of rotatable bonds is 8. The number of imidazole rings is 1. The van der Waals surface area contributed by atoms with Gasteiger partial charge in [0, 0.05) is 36.0 Å². The molecule has 1 saturated carbocycles. The molecule has 0 bridgehead atoms. The highest BCUT2D eigenvalue weighted by Crippen LogP contribution is 2.35. The average Bonchev–Trinajstić information content (AvgIpc) is 3.65. The van der Waals surface area contributed by atoms with Gasteiger partial charge in [0.1, 0.15) is 11.5 Å². The minimum atomic E-state index is -0.794. The first kappa shape index (κ1) is 24.5. The number of benzene rings is 2. The summed E-state index contributed by atoms with van der Waals surface area (Å²) in [7, 11) is 0. The molecule has 4 aromatic rings. The van der Waals surface area contributed by atoms with Crippen molar-refractivity contribution in [1.82, 2.24) is 19.7 Å². The number of carbonyl (C=O) groups is 2. The number of carbonyl (C=O) groups excluding carboxylic acids is 2. The topological polar surface area (TPSA) is 97.6 Å².